The van der Waals surface area contributed by atoms with E-state index in [1.54, 1.807) is 0 Å². The number of hydrogen-bond donors (Lipinski definition) is 4. The number of methoxy groups -OCH3 is 1. The van der Waals surface area contributed by atoms with Gasteiger partial charge in [0.25, 0.3) is 5.69 Å². The number of benzene rings is 1. The van der Waals surface area contributed by atoms with E-state index in [1.165, 1.54) is 25.3 Å². The summed E-state index contributed by atoms with van der Waals surface area (Å²) in [7, 11) is 1.39. The highest BCUT2D eigenvalue weighted by atomic mass is 16.6. The van der Waals surface area contributed by atoms with Gasteiger partial charge in [-0.05, 0) is 12.1 Å². The average Bonchev–Trinajstić information content (AvgIpc) is 2.48. The number of rotatable bonds is 4. The van der Waals surface area contributed by atoms with E-state index >= 15 is 0 Å². The summed E-state index contributed by atoms with van der Waals surface area (Å²) in [4.78, 5) is 10.4. The molecule has 4 N–H and O–H groups in total. The molecule has 2 rings (SSSR count). The minimum Gasteiger partial charge on any atom is -0.496 e. The minimum atomic E-state index is -1.42. The van der Waals surface area contributed by atoms with Gasteiger partial charge >= 0.3 is 0 Å². The number of nitrogens with zero attached hydrogens (tertiary/aromatic N) is 1. The Kier molecular flexibility index (Phi) is 4.58. The predicted octanol–water partition coefficient (Wildman–Crippen LogP) is -0.546. The fourth-order valence-corrected chi connectivity index (χ4v) is 2.00. The van der Waals surface area contributed by atoms with Gasteiger partial charge in [-0.3, -0.25) is 10.1 Å². The second-order valence-corrected chi connectivity index (χ2v) is 4.59. The quantitative estimate of drug-likeness (QED) is 0.430. The van der Waals surface area contributed by atoms with Crippen LogP contribution < -0.4 is 10.1 Å². The summed E-state index contributed by atoms with van der Waals surface area (Å²) in [6.07, 6.45) is -5.09. The Bertz CT molecular complexity index is 524. The van der Waals surface area contributed by atoms with Gasteiger partial charge in [-0.25, -0.2) is 0 Å². The first-order valence-electron chi connectivity index (χ1n) is 6.19. The summed E-state index contributed by atoms with van der Waals surface area (Å²) in [6.45, 7) is -0.195. The molecule has 0 unspecified atom stereocenters. The first kappa shape index (κ1) is 15.4. The van der Waals surface area contributed by atoms with Crippen molar-refractivity contribution in [2.24, 2.45) is 0 Å². The third-order valence-electron chi connectivity index (χ3n) is 3.20. The molecule has 1 saturated heterocycles. The lowest BCUT2D eigenvalue weighted by Crippen LogP contribution is -2.55. The van der Waals surface area contributed by atoms with E-state index in [0.29, 0.717) is 5.75 Å². The van der Waals surface area contributed by atoms with Crippen LogP contribution in [0.5, 0.6) is 5.75 Å². The Labute approximate surface area is 119 Å². The second kappa shape index (κ2) is 6.22. The molecule has 21 heavy (non-hydrogen) atoms. The number of hydrogen-bond acceptors (Lipinski definition) is 8. The van der Waals surface area contributed by atoms with Crippen LogP contribution in [-0.2, 0) is 4.74 Å². The minimum absolute atomic E-state index is 0.105. The van der Waals surface area contributed by atoms with Gasteiger partial charge in [0.15, 0.2) is 6.23 Å². The zero-order valence-corrected chi connectivity index (χ0v) is 11.2. The maximum Gasteiger partial charge on any atom is 0.296 e. The van der Waals surface area contributed by atoms with Gasteiger partial charge < -0.3 is 30.1 Å². The lowest BCUT2D eigenvalue weighted by Gasteiger charge is -2.35. The van der Waals surface area contributed by atoms with Crippen molar-refractivity contribution in [3.8, 4) is 5.75 Å². The Balaban J connectivity index is 2.21. The van der Waals surface area contributed by atoms with Crippen LogP contribution in [-0.4, -0.2) is 58.5 Å². The average molecular weight is 300 g/mol. The van der Waals surface area contributed by atoms with Gasteiger partial charge in [-0.2, -0.15) is 0 Å². The van der Waals surface area contributed by atoms with Crippen LogP contribution in [0.1, 0.15) is 0 Å². The normalized spacial score (nSPS) is 29.0. The Morgan fingerprint density at radius 3 is 2.71 bits per heavy atom. The number of nitro groups is 1. The molecule has 0 bridgehead atoms. The molecule has 0 spiro atoms. The smallest absolute Gasteiger partial charge is 0.296 e. The van der Waals surface area contributed by atoms with Gasteiger partial charge in [0.1, 0.15) is 29.7 Å². The highest BCUT2D eigenvalue weighted by Crippen LogP contribution is 2.30. The molecule has 1 aromatic carbocycles. The Hall–Kier alpha value is -1.94. The lowest BCUT2D eigenvalue weighted by molar-refractivity contribution is -0.384. The van der Waals surface area contributed by atoms with E-state index in [4.69, 9.17) is 9.47 Å². The number of aliphatic hydroxyl groups is 3. The van der Waals surface area contributed by atoms with E-state index in [1.807, 2.05) is 0 Å². The summed E-state index contributed by atoms with van der Waals surface area (Å²) in [5.74, 6) is 0.313. The Morgan fingerprint density at radius 1 is 1.38 bits per heavy atom. The molecule has 116 valence electrons. The van der Waals surface area contributed by atoms with E-state index in [0.717, 1.165) is 0 Å². The number of nitrogens with one attached hydrogen (secondary N) is 1. The molecular weight excluding hydrogens is 284 g/mol. The largest absolute Gasteiger partial charge is 0.496 e. The SMILES string of the molecule is COc1ccc(N[C@@H]2OC[C@H](O)[C@@H](O)[C@H]2O)c([N+](=O)[O-])c1. The van der Waals surface area contributed by atoms with Gasteiger partial charge in [-0.15, -0.1) is 0 Å². The summed E-state index contributed by atoms with van der Waals surface area (Å²) >= 11 is 0. The van der Waals surface area contributed by atoms with Crippen LogP contribution in [0.4, 0.5) is 11.4 Å². The predicted molar refractivity (Wildman–Crippen MR) is 71.0 cm³/mol. The van der Waals surface area contributed by atoms with Crippen molar-refractivity contribution < 1.29 is 29.7 Å². The first-order chi connectivity index (χ1) is 9.93. The zero-order valence-electron chi connectivity index (χ0n) is 11.2. The van der Waals surface area contributed by atoms with Gasteiger partial charge in [-0.1, -0.05) is 0 Å². The van der Waals surface area contributed by atoms with E-state index < -0.39 is 29.5 Å². The number of anilines is 1. The lowest BCUT2D eigenvalue weighted by atomic mass is 10.0. The maximum absolute atomic E-state index is 11.0. The van der Waals surface area contributed by atoms with E-state index in [2.05, 4.69) is 5.32 Å². The van der Waals surface area contributed by atoms with Crippen molar-refractivity contribution in [3.05, 3.63) is 28.3 Å². The molecule has 1 fully saturated rings. The van der Waals surface area contributed by atoms with Gasteiger partial charge in [0.2, 0.25) is 0 Å². The number of nitro benzene ring substituents is 1. The molecule has 0 amide bonds. The molecule has 4 atom stereocenters. The zero-order chi connectivity index (χ0) is 15.6. The molecule has 9 heteroatoms. The third kappa shape index (κ3) is 3.22. The molecule has 0 saturated carbocycles. The van der Waals surface area contributed by atoms with Gasteiger partial charge in [0.05, 0.1) is 24.7 Å². The molecule has 1 aliphatic rings. The van der Waals surface area contributed by atoms with E-state index in [-0.39, 0.29) is 18.0 Å². The monoisotopic (exact) mass is 300 g/mol. The molecule has 1 heterocycles. The van der Waals surface area contributed by atoms with Crippen molar-refractivity contribution in [1.29, 1.82) is 0 Å². The third-order valence-corrected chi connectivity index (χ3v) is 3.20. The summed E-state index contributed by atoms with van der Waals surface area (Å²) in [5, 5.41) is 42.4. The highest BCUT2D eigenvalue weighted by molar-refractivity contribution is 5.64. The molecule has 1 aromatic rings. The summed E-state index contributed by atoms with van der Waals surface area (Å²) in [6, 6.07) is 4.14. The summed E-state index contributed by atoms with van der Waals surface area (Å²) < 4.78 is 10.1. The van der Waals surface area contributed by atoms with Crippen molar-refractivity contribution >= 4 is 11.4 Å². The molecular formula is C12H16N2O7. The molecule has 0 radical (unpaired) electrons. The second-order valence-electron chi connectivity index (χ2n) is 4.59. The standard InChI is InChI=1S/C12H16N2O7/c1-20-6-2-3-7(8(4-6)14(18)19)13-12-11(17)10(16)9(15)5-21-12/h2-4,9-13,15-17H,5H2,1H3/t9-,10+,11+,12+/m0/s1. The van der Waals surface area contributed by atoms with Crippen molar-refractivity contribution in [3.63, 3.8) is 0 Å². The van der Waals surface area contributed by atoms with Crippen LogP contribution in [0.25, 0.3) is 0 Å². The fourth-order valence-electron chi connectivity index (χ4n) is 2.00. The van der Waals surface area contributed by atoms with Crippen LogP contribution in [0.3, 0.4) is 0 Å². The molecule has 0 aliphatic carbocycles. The number of ether oxygens (including phenoxy) is 2. The fraction of sp³-hybridized carbons (Fsp3) is 0.500. The van der Waals surface area contributed by atoms with Crippen molar-refractivity contribution in [2.75, 3.05) is 19.0 Å². The van der Waals surface area contributed by atoms with E-state index in [9.17, 15) is 25.4 Å². The maximum atomic E-state index is 11.0. The Morgan fingerprint density at radius 2 is 2.10 bits per heavy atom. The molecule has 1 aliphatic heterocycles. The first-order valence-corrected chi connectivity index (χ1v) is 6.19. The molecule has 0 aromatic heterocycles. The topological polar surface area (TPSA) is 134 Å². The molecule has 9 nitrogen and oxygen atoms in total. The van der Waals surface area contributed by atoms with Crippen LogP contribution in [0.15, 0.2) is 18.2 Å². The van der Waals surface area contributed by atoms with Crippen LogP contribution in [0.2, 0.25) is 0 Å². The highest BCUT2D eigenvalue weighted by Gasteiger charge is 2.38. The van der Waals surface area contributed by atoms with Crippen LogP contribution in [0, 0.1) is 10.1 Å². The van der Waals surface area contributed by atoms with Gasteiger partial charge in [0, 0.05) is 0 Å². The summed E-state index contributed by atoms with van der Waals surface area (Å²) in [5.41, 5.74) is -0.154. The number of aliphatic hydroxyl groups excluding tert-OH is 3. The van der Waals surface area contributed by atoms with Crippen molar-refractivity contribution in [2.45, 2.75) is 24.5 Å². The van der Waals surface area contributed by atoms with Crippen LogP contribution >= 0.6 is 0 Å². The van der Waals surface area contributed by atoms with Crippen molar-refractivity contribution in [1.82, 2.24) is 0 Å².